The average molecular weight is 954 g/mol. The van der Waals surface area contributed by atoms with E-state index in [4.69, 9.17) is 9.47 Å². The Labute approximate surface area is 391 Å². The van der Waals surface area contributed by atoms with Gasteiger partial charge in [0.25, 0.3) is 5.91 Å². The number of H-pyrrole nitrogens is 1. The number of aryl methyl sites for hydroxylation is 1. The first-order valence-electron chi connectivity index (χ1n) is 22.8. The van der Waals surface area contributed by atoms with Gasteiger partial charge >= 0.3 is 24.3 Å². The Balaban J connectivity index is 1.12. The number of halogens is 5. The summed E-state index contributed by atoms with van der Waals surface area (Å²) in [6.45, 7) is 14.0. The molecule has 6 rings (SSSR count). The van der Waals surface area contributed by atoms with Gasteiger partial charge < -0.3 is 40.6 Å². The molecule has 1 saturated carbocycles. The number of nitrogens with zero attached hydrogens (tertiary/aromatic N) is 2. The molecule has 68 heavy (non-hydrogen) atoms. The SMILES string of the molecule is Cc1cc(C(=O)NC2CCN(C(=O)OC(C)(C)C)CC2)ccc1-c1ccc(C[C@H](NC(=O)[C@H]2CC[C@H](CNC(=O)OC(C)(C)C)CC2)C(=O)Nc2ccc3[nH]c(C(F)(F)C(F)(F)F)nc3c2)cc1. The van der Waals surface area contributed by atoms with Crippen molar-refractivity contribution in [2.45, 2.75) is 129 Å². The number of carbonyl (C=O) groups is 5. The van der Waals surface area contributed by atoms with E-state index in [1.807, 2.05) is 63.0 Å². The normalized spacial score (nSPS) is 17.8. The molecule has 5 N–H and O–H groups in total. The molecule has 19 heteroatoms. The number of anilines is 1. The minimum atomic E-state index is -5.88. The summed E-state index contributed by atoms with van der Waals surface area (Å²) >= 11 is 0. The molecule has 368 valence electrons. The number of likely N-dealkylation sites (tertiary alicyclic amines) is 1. The molecule has 1 aliphatic heterocycles. The molecule has 0 bridgehead atoms. The predicted molar refractivity (Wildman–Crippen MR) is 245 cm³/mol. The van der Waals surface area contributed by atoms with Gasteiger partial charge in [-0.25, -0.2) is 14.6 Å². The van der Waals surface area contributed by atoms with E-state index >= 15 is 0 Å². The topological polar surface area (TPSA) is 184 Å². The van der Waals surface area contributed by atoms with Crippen LogP contribution in [0.4, 0.5) is 37.2 Å². The number of rotatable bonds is 12. The lowest BCUT2D eigenvalue weighted by Gasteiger charge is -2.33. The highest BCUT2D eigenvalue weighted by molar-refractivity contribution is 5.99. The second kappa shape index (κ2) is 20.5. The van der Waals surface area contributed by atoms with Crippen LogP contribution in [0.2, 0.25) is 0 Å². The number of alkyl halides is 5. The average Bonchev–Trinajstić information content (AvgIpc) is 3.69. The second-order valence-corrected chi connectivity index (χ2v) is 19.7. The van der Waals surface area contributed by atoms with Crippen LogP contribution in [0.25, 0.3) is 22.2 Å². The van der Waals surface area contributed by atoms with E-state index in [1.165, 1.54) is 12.1 Å². The van der Waals surface area contributed by atoms with E-state index in [0.29, 0.717) is 69.3 Å². The third-order valence-corrected chi connectivity index (χ3v) is 11.9. The Kier molecular flexibility index (Phi) is 15.4. The van der Waals surface area contributed by atoms with Gasteiger partial charge in [-0.15, -0.1) is 0 Å². The van der Waals surface area contributed by atoms with E-state index in [2.05, 4.69) is 26.3 Å². The van der Waals surface area contributed by atoms with Crippen molar-refractivity contribution < 1.29 is 55.4 Å². The number of amides is 5. The minimum Gasteiger partial charge on any atom is -0.444 e. The van der Waals surface area contributed by atoms with E-state index in [0.717, 1.165) is 22.8 Å². The van der Waals surface area contributed by atoms with Gasteiger partial charge in [0.1, 0.15) is 17.2 Å². The van der Waals surface area contributed by atoms with Crippen LogP contribution >= 0.6 is 0 Å². The highest BCUT2D eigenvalue weighted by atomic mass is 19.4. The molecule has 2 heterocycles. The van der Waals surface area contributed by atoms with Crippen molar-refractivity contribution in [1.29, 1.82) is 0 Å². The number of piperidine rings is 1. The summed E-state index contributed by atoms with van der Waals surface area (Å²) in [6.07, 6.45) is -3.25. The fourth-order valence-electron chi connectivity index (χ4n) is 8.25. The summed E-state index contributed by atoms with van der Waals surface area (Å²) in [6, 6.07) is 15.2. The summed E-state index contributed by atoms with van der Waals surface area (Å²) in [7, 11) is 0. The summed E-state index contributed by atoms with van der Waals surface area (Å²) in [5.41, 5.74) is 2.17. The first-order valence-corrected chi connectivity index (χ1v) is 22.8. The molecule has 1 atom stereocenters. The van der Waals surface area contributed by atoms with Crippen molar-refractivity contribution in [3.05, 3.63) is 83.2 Å². The quantitative estimate of drug-likeness (QED) is 0.0871. The molecule has 3 aromatic carbocycles. The fourth-order valence-corrected chi connectivity index (χ4v) is 8.25. The van der Waals surface area contributed by atoms with Gasteiger partial charge in [-0.1, -0.05) is 30.3 Å². The Morgan fingerprint density at radius 3 is 2.06 bits per heavy atom. The fraction of sp³-hybridized carbons (Fsp3) is 0.510. The third-order valence-electron chi connectivity index (χ3n) is 11.9. The Morgan fingerprint density at radius 1 is 0.809 bits per heavy atom. The highest BCUT2D eigenvalue weighted by Gasteiger charge is 2.61. The first-order chi connectivity index (χ1) is 31.7. The van der Waals surface area contributed by atoms with Crippen LogP contribution < -0.4 is 21.3 Å². The lowest BCUT2D eigenvalue weighted by Crippen LogP contribution is -2.48. The number of aromatic amines is 1. The van der Waals surface area contributed by atoms with E-state index in [9.17, 15) is 45.9 Å². The third kappa shape index (κ3) is 13.5. The maximum absolute atomic E-state index is 14.1. The van der Waals surface area contributed by atoms with E-state index in [1.54, 1.807) is 37.8 Å². The van der Waals surface area contributed by atoms with E-state index in [-0.39, 0.29) is 53.0 Å². The molecular formula is C49H60F5N7O7. The molecule has 1 aromatic heterocycles. The van der Waals surface area contributed by atoms with Crippen LogP contribution in [-0.2, 0) is 31.4 Å². The molecule has 14 nitrogen and oxygen atoms in total. The van der Waals surface area contributed by atoms with Crippen LogP contribution in [0.1, 0.15) is 107 Å². The monoisotopic (exact) mass is 953 g/mol. The Hall–Kier alpha value is -6.27. The van der Waals surface area contributed by atoms with Crippen molar-refractivity contribution >= 4 is 46.6 Å². The van der Waals surface area contributed by atoms with Gasteiger partial charge in [0.05, 0.1) is 11.0 Å². The number of fused-ring (bicyclic) bond motifs is 1. The molecule has 2 aliphatic rings. The maximum atomic E-state index is 14.1. The molecule has 0 radical (unpaired) electrons. The summed E-state index contributed by atoms with van der Waals surface area (Å²) in [4.78, 5) is 72.8. The van der Waals surface area contributed by atoms with Crippen molar-refractivity contribution in [3.8, 4) is 11.1 Å². The molecule has 0 spiro atoms. The smallest absolute Gasteiger partial charge is 0.444 e. The molecule has 4 aromatic rings. The van der Waals surface area contributed by atoms with Crippen LogP contribution in [-0.4, -0.2) is 93.9 Å². The van der Waals surface area contributed by atoms with E-state index < -0.39 is 53.1 Å². The largest absolute Gasteiger partial charge is 0.461 e. The standard InChI is InChI=1S/C49H60F5N7O7/c1-28-24-33(41(63)56-34-20-22-61(23-21-34)45(66)68-47(5,6)7)16-18-36(28)31-12-8-29(9-13-31)25-39(58-40(62)32-14-10-30(11-15-32)27-55-44(65)67-46(2,3)4)42(64)57-35-17-19-37-38(26-35)60-43(59-37)48(50,51)49(52,53)54/h8-9,12-13,16-19,24,26,30,32,34,39H,10-11,14-15,20-23,25,27H2,1-7H3,(H,55,65)(H,56,63)(H,57,64)(H,58,62)(H,59,60)/t30-,32-,39-/m0/s1. The van der Waals surface area contributed by atoms with Crippen molar-refractivity contribution in [2.24, 2.45) is 11.8 Å². The van der Waals surface area contributed by atoms with Gasteiger partial charge in [-0.05, 0) is 145 Å². The summed E-state index contributed by atoms with van der Waals surface area (Å²) in [5.74, 6) is -8.37. The van der Waals surface area contributed by atoms with Crippen LogP contribution in [0.3, 0.4) is 0 Å². The van der Waals surface area contributed by atoms with Crippen molar-refractivity contribution in [3.63, 3.8) is 0 Å². The summed E-state index contributed by atoms with van der Waals surface area (Å²) in [5, 5.41) is 11.4. The van der Waals surface area contributed by atoms with Crippen molar-refractivity contribution in [2.75, 3.05) is 25.0 Å². The van der Waals surface area contributed by atoms with Gasteiger partial charge in [0.15, 0.2) is 5.82 Å². The maximum Gasteiger partial charge on any atom is 0.461 e. The highest BCUT2D eigenvalue weighted by Crippen LogP contribution is 2.43. The minimum absolute atomic E-state index is 0.0361. The van der Waals surface area contributed by atoms with Gasteiger partial charge in [0.2, 0.25) is 11.8 Å². The zero-order chi connectivity index (χ0) is 49.8. The number of alkyl carbamates (subject to hydrolysis) is 1. The number of ether oxygens (including phenoxy) is 2. The number of hydrogen-bond donors (Lipinski definition) is 5. The Morgan fingerprint density at radius 2 is 1.46 bits per heavy atom. The van der Waals surface area contributed by atoms with Crippen LogP contribution in [0.15, 0.2) is 60.7 Å². The van der Waals surface area contributed by atoms with Gasteiger partial charge in [-0.3, -0.25) is 14.4 Å². The zero-order valence-electron chi connectivity index (χ0n) is 39.3. The van der Waals surface area contributed by atoms with Crippen LogP contribution in [0.5, 0.6) is 0 Å². The number of benzene rings is 3. The molecule has 1 aliphatic carbocycles. The number of hydrogen-bond acceptors (Lipinski definition) is 8. The number of nitrogens with one attached hydrogen (secondary N) is 5. The molecule has 0 unspecified atom stereocenters. The van der Waals surface area contributed by atoms with Crippen LogP contribution in [0, 0.1) is 18.8 Å². The summed E-state index contributed by atoms with van der Waals surface area (Å²) < 4.78 is 78.2. The second-order valence-electron chi connectivity index (χ2n) is 19.7. The molecule has 2 fully saturated rings. The Bertz CT molecular complexity index is 2460. The number of imidazole rings is 1. The first kappa shape index (κ1) is 51.1. The molecular weight excluding hydrogens is 894 g/mol. The van der Waals surface area contributed by atoms with Crippen molar-refractivity contribution in [1.82, 2.24) is 30.8 Å². The predicted octanol–water partition coefficient (Wildman–Crippen LogP) is 9.32. The van der Waals surface area contributed by atoms with Gasteiger partial charge in [-0.2, -0.15) is 22.0 Å². The number of aromatic nitrogens is 2. The molecule has 5 amide bonds. The lowest BCUT2D eigenvalue weighted by molar-refractivity contribution is -0.292. The molecule has 1 saturated heterocycles. The lowest BCUT2D eigenvalue weighted by atomic mass is 9.81. The van der Waals surface area contributed by atoms with Gasteiger partial charge in [0, 0.05) is 49.3 Å². The zero-order valence-corrected chi connectivity index (χ0v) is 39.3. The number of carbonyl (C=O) groups excluding carboxylic acids is 5.